The van der Waals surface area contributed by atoms with Crippen molar-refractivity contribution in [2.24, 2.45) is 46.3 Å². The van der Waals surface area contributed by atoms with Crippen LogP contribution in [0.1, 0.15) is 85.0 Å². The van der Waals surface area contributed by atoms with Crippen molar-refractivity contribution in [3.8, 4) is 0 Å². The molecule has 0 aromatic carbocycles. The van der Waals surface area contributed by atoms with E-state index in [-0.39, 0.29) is 35.5 Å². The summed E-state index contributed by atoms with van der Waals surface area (Å²) in [4.78, 5) is 22.7. The van der Waals surface area contributed by atoms with Crippen LogP contribution in [0.2, 0.25) is 0 Å². The van der Waals surface area contributed by atoms with Crippen molar-refractivity contribution in [2.75, 3.05) is 6.54 Å². The summed E-state index contributed by atoms with van der Waals surface area (Å²) in [7, 11) is 0. The zero-order chi connectivity index (χ0) is 23.3. The Hall–Kier alpha value is -1.14. The van der Waals surface area contributed by atoms with E-state index in [1.165, 1.54) is 12.8 Å². The summed E-state index contributed by atoms with van der Waals surface area (Å²) in [5, 5.41) is 32.8. The summed E-state index contributed by atoms with van der Waals surface area (Å²) in [6.07, 6.45) is 9.06. The molecular formula is C26H43NO5. The number of carbonyl (C=O) groups excluding carboxylic acids is 1. The predicted octanol–water partition coefficient (Wildman–Crippen LogP) is 3.59. The second-order valence-corrected chi connectivity index (χ2v) is 12.1. The fraction of sp³-hybridized carbons (Fsp3) is 0.923. The average Bonchev–Trinajstić information content (AvgIpc) is 3.09. The fourth-order valence-corrected chi connectivity index (χ4v) is 9.00. The summed E-state index contributed by atoms with van der Waals surface area (Å²) in [6.45, 7) is 6.83. The first kappa shape index (κ1) is 24.0. The monoisotopic (exact) mass is 449 g/mol. The maximum absolute atomic E-state index is 12.0. The topological polar surface area (TPSA) is 107 Å². The standard InChI is InChI=1S/C26H43NO5/c1-15(4-7-22(30)27-14-23(31)32)18-5-6-19-24-20(9-11-26(18,19)3)25(2)10-8-17(28)12-16(25)13-21(24)29/h15-21,24,28-29H,4-14H2,1-3H3,(H,27,30)(H,31,32)/t15-,16+,17-,18-,19+,20+,21-,24+,25-,26+/m1/s1. The molecule has 0 aromatic rings. The lowest BCUT2D eigenvalue weighted by Crippen LogP contribution is -2.58. The Morgan fingerprint density at radius 3 is 2.41 bits per heavy atom. The van der Waals surface area contributed by atoms with Crippen LogP contribution in [0.5, 0.6) is 0 Å². The van der Waals surface area contributed by atoms with Crippen LogP contribution < -0.4 is 5.32 Å². The second kappa shape index (κ2) is 8.90. The molecule has 0 aromatic heterocycles. The normalized spacial score (nSPS) is 46.5. The number of aliphatic hydroxyl groups excluding tert-OH is 2. The Balaban J connectivity index is 1.44. The number of fused-ring (bicyclic) bond motifs is 5. The largest absolute Gasteiger partial charge is 0.480 e. The SMILES string of the molecule is C[C@H](CCC(=O)NCC(=O)O)[C@H]1CC[C@H]2[C@@H]3[C@H](O)C[C@@H]4C[C@H](O)CC[C@@]4(C)[C@H]3CC[C@@]12C. The van der Waals surface area contributed by atoms with Crippen molar-refractivity contribution >= 4 is 11.9 Å². The van der Waals surface area contributed by atoms with E-state index in [4.69, 9.17) is 5.11 Å². The van der Waals surface area contributed by atoms with Gasteiger partial charge in [0.1, 0.15) is 6.54 Å². The molecule has 4 aliphatic rings. The molecule has 4 aliphatic carbocycles. The van der Waals surface area contributed by atoms with Crippen LogP contribution in [0.3, 0.4) is 0 Å². The van der Waals surface area contributed by atoms with Gasteiger partial charge in [-0.1, -0.05) is 20.8 Å². The first-order chi connectivity index (χ1) is 15.1. The summed E-state index contributed by atoms with van der Waals surface area (Å²) >= 11 is 0. The van der Waals surface area contributed by atoms with Crippen LogP contribution in [0, 0.1) is 46.3 Å². The van der Waals surface area contributed by atoms with E-state index >= 15 is 0 Å². The van der Waals surface area contributed by atoms with Gasteiger partial charge < -0.3 is 20.6 Å². The summed E-state index contributed by atoms with van der Waals surface area (Å²) < 4.78 is 0. The van der Waals surface area contributed by atoms with E-state index in [1.54, 1.807) is 0 Å². The van der Waals surface area contributed by atoms with Crippen molar-refractivity contribution in [1.82, 2.24) is 5.32 Å². The number of carboxylic acids is 1. The zero-order valence-corrected chi connectivity index (χ0v) is 20.1. The van der Waals surface area contributed by atoms with Gasteiger partial charge in [-0.15, -0.1) is 0 Å². The van der Waals surface area contributed by atoms with Crippen LogP contribution in [0.25, 0.3) is 0 Å². The third-order valence-corrected chi connectivity index (χ3v) is 10.7. The molecule has 6 heteroatoms. The van der Waals surface area contributed by atoms with Gasteiger partial charge in [-0.05, 0) is 104 Å². The van der Waals surface area contributed by atoms with Crippen LogP contribution in [0.15, 0.2) is 0 Å². The van der Waals surface area contributed by atoms with Gasteiger partial charge in [0, 0.05) is 6.42 Å². The third kappa shape index (κ3) is 4.11. The van der Waals surface area contributed by atoms with E-state index in [9.17, 15) is 19.8 Å². The molecule has 6 nitrogen and oxygen atoms in total. The molecule has 0 saturated heterocycles. The molecule has 4 N–H and O–H groups in total. The zero-order valence-electron chi connectivity index (χ0n) is 20.1. The molecule has 0 aliphatic heterocycles. The molecule has 32 heavy (non-hydrogen) atoms. The van der Waals surface area contributed by atoms with Crippen LogP contribution in [0.4, 0.5) is 0 Å². The van der Waals surface area contributed by atoms with Crippen molar-refractivity contribution in [3.05, 3.63) is 0 Å². The Morgan fingerprint density at radius 1 is 1.00 bits per heavy atom. The number of aliphatic carboxylic acids is 1. The minimum Gasteiger partial charge on any atom is -0.480 e. The summed E-state index contributed by atoms with van der Waals surface area (Å²) in [5.74, 6) is 1.66. The maximum Gasteiger partial charge on any atom is 0.322 e. The number of hydrogen-bond acceptors (Lipinski definition) is 4. The molecule has 0 radical (unpaired) electrons. The minimum atomic E-state index is -1.01. The van der Waals surface area contributed by atoms with Crippen molar-refractivity contribution < 1.29 is 24.9 Å². The Bertz CT molecular complexity index is 727. The lowest BCUT2D eigenvalue weighted by molar-refractivity contribution is -0.174. The Kier molecular flexibility index (Phi) is 6.68. The Morgan fingerprint density at radius 2 is 1.69 bits per heavy atom. The van der Waals surface area contributed by atoms with Gasteiger partial charge in [-0.2, -0.15) is 0 Å². The molecule has 0 unspecified atom stereocenters. The van der Waals surface area contributed by atoms with E-state index < -0.39 is 5.97 Å². The van der Waals surface area contributed by atoms with Gasteiger partial charge in [0.25, 0.3) is 0 Å². The van der Waals surface area contributed by atoms with Crippen molar-refractivity contribution in [2.45, 2.75) is 97.2 Å². The van der Waals surface area contributed by atoms with E-state index in [2.05, 4.69) is 26.1 Å². The van der Waals surface area contributed by atoms with Crippen molar-refractivity contribution in [1.29, 1.82) is 0 Å². The third-order valence-electron chi connectivity index (χ3n) is 10.7. The highest BCUT2D eigenvalue weighted by molar-refractivity contribution is 5.81. The average molecular weight is 450 g/mol. The lowest BCUT2D eigenvalue weighted by Gasteiger charge is -2.62. The maximum atomic E-state index is 12.0. The number of nitrogens with one attached hydrogen (secondary N) is 1. The van der Waals surface area contributed by atoms with Crippen LogP contribution >= 0.6 is 0 Å². The molecular weight excluding hydrogens is 406 g/mol. The van der Waals surface area contributed by atoms with Gasteiger partial charge in [-0.25, -0.2) is 0 Å². The number of carbonyl (C=O) groups is 2. The molecule has 10 atom stereocenters. The number of carboxylic acid groups (broad SMARTS) is 1. The number of hydrogen-bond donors (Lipinski definition) is 4. The number of rotatable bonds is 6. The van der Waals surface area contributed by atoms with E-state index in [0.717, 1.165) is 44.9 Å². The molecule has 182 valence electrons. The van der Waals surface area contributed by atoms with Gasteiger partial charge in [0.2, 0.25) is 5.91 Å². The highest BCUT2D eigenvalue weighted by Gasteiger charge is 2.62. The summed E-state index contributed by atoms with van der Waals surface area (Å²) in [5.41, 5.74) is 0.451. The summed E-state index contributed by atoms with van der Waals surface area (Å²) in [6, 6.07) is 0. The first-order valence-electron chi connectivity index (χ1n) is 12.9. The first-order valence-corrected chi connectivity index (χ1v) is 12.9. The highest BCUT2D eigenvalue weighted by Crippen LogP contribution is 2.68. The molecule has 0 bridgehead atoms. The number of amides is 1. The minimum absolute atomic E-state index is 0.177. The highest BCUT2D eigenvalue weighted by atomic mass is 16.4. The van der Waals surface area contributed by atoms with Gasteiger partial charge >= 0.3 is 5.97 Å². The molecule has 1 amide bonds. The molecule has 4 saturated carbocycles. The molecule has 0 spiro atoms. The van der Waals surface area contributed by atoms with Crippen LogP contribution in [-0.2, 0) is 9.59 Å². The predicted molar refractivity (Wildman–Crippen MR) is 122 cm³/mol. The van der Waals surface area contributed by atoms with Gasteiger partial charge in [-0.3, -0.25) is 9.59 Å². The van der Waals surface area contributed by atoms with Gasteiger partial charge in [0.15, 0.2) is 0 Å². The molecule has 4 rings (SSSR count). The lowest BCUT2D eigenvalue weighted by atomic mass is 9.43. The second-order valence-electron chi connectivity index (χ2n) is 12.1. The molecule has 4 fully saturated rings. The fourth-order valence-electron chi connectivity index (χ4n) is 9.00. The van der Waals surface area contributed by atoms with E-state index in [0.29, 0.717) is 41.9 Å². The van der Waals surface area contributed by atoms with E-state index in [1.807, 2.05) is 0 Å². The van der Waals surface area contributed by atoms with Gasteiger partial charge in [0.05, 0.1) is 12.2 Å². The number of aliphatic hydroxyl groups is 2. The molecule has 0 heterocycles. The quantitative estimate of drug-likeness (QED) is 0.496. The van der Waals surface area contributed by atoms with Crippen molar-refractivity contribution in [3.63, 3.8) is 0 Å². The smallest absolute Gasteiger partial charge is 0.322 e. The van der Waals surface area contributed by atoms with Crippen LogP contribution in [-0.4, -0.2) is 45.9 Å². The Labute approximate surface area is 192 Å².